The lowest BCUT2D eigenvalue weighted by molar-refractivity contribution is -0.118. The maximum Gasteiger partial charge on any atom is 0.250 e. The second-order valence-electron chi connectivity index (χ2n) is 6.29. The van der Waals surface area contributed by atoms with Gasteiger partial charge in [-0.05, 0) is 13.0 Å². The molecular weight excluding hydrogens is 384 g/mol. The van der Waals surface area contributed by atoms with Crippen molar-refractivity contribution in [1.82, 2.24) is 25.2 Å². The molecule has 7 nitrogen and oxygen atoms in total. The van der Waals surface area contributed by atoms with Crippen LogP contribution in [-0.2, 0) is 11.3 Å². The number of hydrazone groups is 1. The Morgan fingerprint density at radius 2 is 1.97 bits per heavy atom. The molecule has 2 heterocycles. The first-order valence-electron chi connectivity index (χ1n) is 9.25. The van der Waals surface area contributed by atoms with E-state index >= 15 is 0 Å². The van der Waals surface area contributed by atoms with Crippen LogP contribution in [-0.4, -0.2) is 37.6 Å². The van der Waals surface area contributed by atoms with Crippen LogP contribution >= 0.6 is 11.8 Å². The summed E-state index contributed by atoms with van der Waals surface area (Å²) < 4.78 is 2.00. The highest BCUT2D eigenvalue weighted by atomic mass is 32.2. The van der Waals surface area contributed by atoms with Crippen molar-refractivity contribution in [2.24, 2.45) is 5.10 Å². The fraction of sp³-hybridized carbons (Fsp3) is 0.143. The third-order valence-electron chi connectivity index (χ3n) is 4.41. The number of fused-ring (bicyclic) bond motifs is 1. The number of carbonyl (C=O) groups is 1. The van der Waals surface area contributed by atoms with E-state index in [0.29, 0.717) is 5.16 Å². The molecule has 0 saturated heterocycles. The lowest BCUT2D eigenvalue weighted by Crippen LogP contribution is -2.20. The van der Waals surface area contributed by atoms with Gasteiger partial charge in [-0.3, -0.25) is 4.79 Å². The van der Waals surface area contributed by atoms with Crippen molar-refractivity contribution in [3.63, 3.8) is 0 Å². The molecule has 0 atom stereocenters. The molecule has 0 aliphatic rings. The Balaban J connectivity index is 1.37. The number of nitrogens with zero attached hydrogens (tertiary/aromatic N) is 4. The summed E-state index contributed by atoms with van der Waals surface area (Å²) in [4.78, 5) is 15.3. The fourth-order valence-electron chi connectivity index (χ4n) is 3.02. The van der Waals surface area contributed by atoms with Crippen LogP contribution in [0.25, 0.3) is 22.3 Å². The van der Waals surface area contributed by atoms with Gasteiger partial charge in [0.2, 0.25) is 0 Å². The number of amides is 1. The molecule has 146 valence electrons. The van der Waals surface area contributed by atoms with Gasteiger partial charge in [-0.2, -0.15) is 5.10 Å². The third-order valence-corrected chi connectivity index (χ3v) is 5.38. The minimum atomic E-state index is -0.196. The Hall–Kier alpha value is -3.39. The van der Waals surface area contributed by atoms with E-state index in [2.05, 4.69) is 25.7 Å². The van der Waals surface area contributed by atoms with Crippen LogP contribution in [0.3, 0.4) is 0 Å². The zero-order valence-corrected chi connectivity index (χ0v) is 16.7. The molecule has 4 rings (SSSR count). The van der Waals surface area contributed by atoms with E-state index in [4.69, 9.17) is 0 Å². The molecule has 0 unspecified atom stereocenters. The summed E-state index contributed by atoms with van der Waals surface area (Å²) in [6, 6.07) is 17.8. The summed E-state index contributed by atoms with van der Waals surface area (Å²) in [6.45, 7) is 2.76. The van der Waals surface area contributed by atoms with Crippen molar-refractivity contribution < 1.29 is 4.79 Å². The molecule has 2 aromatic carbocycles. The minimum absolute atomic E-state index is 0.196. The molecule has 2 N–H and O–H groups in total. The van der Waals surface area contributed by atoms with Crippen molar-refractivity contribution in [2.45, 2.75) is 18.6 Å². The lowest BCUT2D eigenvalue weighted by Gasteiger charge is -2.06. The van der Waals surface area contributed by atoms with E-state index in [9.17, 15) is 4.79 Å². The van der Waals surface area contributed by atoms with Crippen LogP contribution < -0.4 is 5.43 Å². The van der Waals surface area contributed by atoms with E-state index in [-0.39, 0.29) is 11.7 Å². The predicted octanol–water partition coefficient (Wildman–Crippen LogP) is 3.69. The molecule has 4 aromatic rings. The first-order valence-corrected chi connectivity index (χ1v) is 10.2. The first kappa shape index (κ1) is 18.9. The zero-order chi connectivity index (χ0) is 20.1. The van der Waals surface area contributed by atoms with Crippen LogP contribution in [0, 0.1) is 0 Å². The van der Waals surface area contributed by atoms with Crippen molar-refractivity contribution in [3.05, 3.63) is 66.4 Å². The smallest absolute Gasteiger partial charge is 0.250 e. The van der Waals surface area contributed by atoms with E-state index < -0.39 is 0 Å². The molecule has 29 heavy (non-hydrogen) atoms. The third kappa shape index (κ3) is 4.22. The van der Waals surface area contributed by atoms with Crippen LogP contribution in [0.15, 0.2) is 71.1 Å². The minimum Gasteiger partial charge on any atom is -0.361 e. The number of aromatic amines is 1. The van der Waals surface area contributed by atoms with Crippen LogP contribution in [0.1, 0.15) is 12.5 Å². The largest absolute Gasteiger partial charge is 0.361 e. The van der Waals surface area contributed by atoms with Gasteiger partial charge in [0.25, 0.3) is 5.91 Å². The normalized spacial score (nSPS) is 11.3. The summed E-state index contributed by atoms with van der Waals surface area (Å²) in [5.74, 6) is 0.810. The maximum atomic E-state index is 12.2. The molecule has 2 aromatic heterocycles. The first-order chi connectivity index (χ1) is 14.3. The van der Waals surface area contributed by atoms with Gasteiger partial charge in [0.05, 0.1) is 12.0 Å². The Labute approximate surface area is 172 Å². The number of hydrogen-bond donors (Lipinski definition) is 2. The summed E-state index contributed by atoms with van der Waals surface area (Å²) in [6.07, 6.45) is 3.51. The highest BCUT2D eigenvalue weighted by Crippen LogP contribution is 2.23. The quantitative estimate of drug-likeness (QED) is 0.279. The van der Waals surface area contributed by atoms with Crippen molar-refractivity contribution in [3.8, 4) is 11.4 Å². The van der Waals surface area contributed by atoms with Gasteiger partial charge in [0.1, 0.15) is 0 Å². The number of para-hydroxylation sites is 1. The standard InChI is InChI=1S/C21H20N6OS/c1-2-27-20(15-8-4-3-5-9-15)25-26-21(27)29-14-19(28)24-23-13-16-12-22-18-11-7-6-10-17(16)18/h3-13,22H,2,14H2,1H3,(H,24,28)/b23-13+. The molecule has 0 aliphatic carbocycles. The van der Waals surface area contributed by atoms with Gasteiger partial charge in [0, 0.05) is 34.8 Å². The molecule has 0 radical (unpaired) electrons. The average Bonchev–Trinajstić information content (AvgIpc) is 3.37. The number of benzene rings is 2. The molecule has 0 saturated carbocycles. The monoisotopic (exact) mass is 404 g/mol. The Morgan fingerprint density at radius 3 is 2.79 bits per heavy atom. The van der Waals surface area contributed by atoms with Crippen LogP contribution in [0.4, 0.5) is 0 Å². The molecule has 8 heteroatoms. The molecular formula is C21H20N6OS. The van der Waals surface area contributed by atoms with E-state index in [1.807, 2.05) is 72.3 Å². The molecule has 1 amide bonds. The summed E-state index contributed by atoms with van der Waals surface area (Å²) >= 11 is 1.34. The van der Waals surface area contributed by atoms with Gasteiger partial charge in [-0.15, -0.1) is 10.2 Å². The van der Waals surface area contributed by atoms with E-state index in [1.54, 1.807) is 6.21 Å². The van der Waals surface area contributed by atoms with E-state index in [1.165, 1.54) is 11.8 Å². The molecule has 0 fully saturated rings. The molecule has 0 spiro atoms. The van der Waals surface area contributed by atoms with Crippen molar-refractivity contribution in [1.29, 1.82) is 0 Å². The Morgan fingerprint density at radius 1 is 1.17 bits per heavy atom. The maximum absolute atomic E-state index is 12.2. The number of H-pyrrole nitrogens is 1. The summed E-state index contributed by atoms with van der Waals surface area (Å²) in [5.41, 5.74) is 5.53. The Bertz CT molecular complexity index is 1150. The van der Waals surface area contributed by atoms with Gasteiger partial charge in [-0.25, -0.2) is 5.43 Å². The molecule has 0 bridgehead atoms. The summed E-state index contributed by atoms with van der Waals surface area (Å²) in [7, 11) is 0. The van der Waals surface area contributed by atoms with E-state index in [0.717, 1.165) is 34.4 Å². The second kappa shape index (κ2) is 8.74. The van der Waals surface area contributed by atoms with Crippen LogP contribution in [0.5, 0.6) is 0 Å². The predicted molar refractivity (Wildman–Crippen MR) is 116 cm³/mol. The fourth-order valence-corrected chi connectivity index (χ4v) is 3.81. The number of aromatic nitrogens is 4. The molecule has 0 aliphatic heterocycles. The van der Waals surface area contributed by atoms with Crippen molar-refractivity contribution in [2.75, 3.05) is 5.75 Å². The number of thioether (sulfide) groups is 1. The number of hydrogen-bond acceptors (Lipinski definition) is 5. The van der Waals surface area contributed by atoms with Crippen LogP contribution in [0.2, 0.25) is 0 Å². The average molecular weight is 404 g/mol. The van der Waals surface area contributed by atoms with Crippen molar-refractivity contribution >= 4 is 34.8 Å². The number of rotatable bonds is 7. The zero-order valence-electron chi connectivity index (χ0n) is 15.9. The van der Waals surface area contributed by atoms with Gasteiger partial charge >= 0.3 is 0 Å². The van der Waals surface area contributed by atoms with Gasteiger partial charge < -0.3 is 9.55 Å². The SMILES string of the molecule is CCn1c(SCC(=O)N/N=C/c2c[nH]c3ccccc23)nnc1-c1ccccc1. The second-order valence-corrected chi connectivity index (χ2v) is 7.23. The lowest BCUT2D eigenvalue weighted by atomic mass is 10.2. The number of carbonyl (C=O) groups excluding carboxylic acids is 1. The van der Waals surface area contributed by atoms with Gasteiger partial charge in [0.15, 0.2) is 11.0 Å². The topological polar surface area (TPSA) is 88.0 Å². The number of nitrogens with one attached hydrogen (secondary N) is 2. The van der Waals surface area contributed by atoms with Gasteiger partial charge in [-0.1, -0.05) is 60.3 Å². The highest BCUT2D eigenvalue weighted by Gasteiger charge is 2.14. The summed E-state index contributed by atoms with van der Waals surface area (Å²) in [5, 5.41) is 14.4. The highest BCUT2D eigenvalue weighted by molar-refractivity contribution is 7.99. The Kier molecular flexibility index (Phi) is 5.71.